The summed E-state index contributed by atoms with van der Waals surface area (Å²) in [6.45, 7) is 4.08. The standard InChI is InChI=1S/C6H14O.Ta/c1-3-5-6(7)4-2;/h6-7H,3-5H2,1-2H3;. The van der Waals surface area contributed by atoms with Gasteiger partial charge in [-0.15, -0.1) is 0 Å². The first-order valence-electron chi connectivity index (χ1n) is 2.99. The average Bonchev–Trinajstić information content (AvgIpc) is 1.68. The average molecular weight is 283 g/mol. The molecular formula is C6H14OTa. The number of hydrogen-bond donors (Lipinski definition) is 1. The minimum atomic E-state index is -0.0509. The molecule has 49 valence electrons. The first kappa shape index (κ1) is 11.5. The Bertz CT molecular complexity index is 39.5. The van der Waals surface area contributed by atoms with Crippen LogP contribution in [0.3, 0.4) is 0 Å². The second-order valence-electron chi connectivity index (χ2n) is 1.85. The molecule has 1 atom stereocenters. The van der Waals surface area contributed by atoms with E-state index < -0.39 is 0 Å². The van der Waals surface area contributed by atoms with Gasteiger partial charge in [-0.05, 0) is 12.8 Å². The van der Waals surface area contributed by atoms with Gasteiger partial charge in [0.25, 0.3) is 0 Å². The monoisotopic (exact) mass is 283 g/mol. The molecule has 0 saturated carbocycles. The maximum Gasteiger partial charge on any atom is 0.0537 e. The molecule has 0 rings (SSSR count). The van der Waals surface area contributed by atoms with E-state index in [-0.39, 0.29) is 28.5 Å². The Kier molecular flexibility index (Phi) is 11.1. The van der Waals surface area contributed by atoms with Crippen LogP contribution in [0.5, 0.6) is 0 Å². The molecule has 0 aromatic heterocycles. The van der Waals surface area contributed by atoms with Crippen LogP contribution in [-0.2, 0) is 22.4 Å². The van der Waals surface area contributed by atoms with E-state index in [1.165, 1.54) is 0 Å². The van der Waals surface area contributed by atoms with Crippen molar-refractivity contribution in [3.8, 4) is 0 Å². The molecule has 0 aromatic rings. The summed E-state index contributed by atoms with van der Waals surface area (Å²) >= 11 is 0. The van der Waals surface area contributed by atoms with E-state index in [4.69, 9.17) is 5.11 Å². The SMILES string of the molecule is CCCC(O)CC.[Ta]. The molecule has 0 spiro atoms. The number of hydrogen-bond acceptors (Lipinski definition) is 1. The molecule has 0 bridgehead atoms. The minimum Gasteiger partial charge on any atom is -0.393 e. The second-order valence-corrected chi connectivity index (χ2v) is 1.85. The van der Waals surface area contributed by atoms with Crippen LogP contribution in [0.4, 0.5) is 0 Å². The molecule has 0 aliphatic rings. The Morgan fingerprint density at radius 2 is 1.88 bits per heavy atom. The number of rotatable bonds is 3. The van der Waals surface area contributed by atoms with Crippen LogP contribution in [-0.4, -0.2) is 11.2 Å². The van der Waals surface area contributed by atoms with Crippen LogP contribution in [0.15, 0.2) is 0 Å². The van der Waals surface area contributed by atoms with Gasteiger partial charge in [-0.25, -0.2) is 0 Å². The quantitative estimate of drug-likeness (QED) is 0.833. The Labute approximate surface area is 67.0 Å². The molecule has 0 aliphatic heterocycles. The summed E-state index contributed by atoms with van der Waals surface area (Å²) in [5.41, 5.74) is 0. The predicted molar refractivity (Wildman–Crippen MR) is 31.2 cm³/mol. The van der Waals surface area contributed by atoms with Gasteiger partial charge in [0.15, 0.2) is 0 Å². The molecule has 8 heavy (non-hydrogen) atoms. The third kappa shape index (κ3) is 6.70. The maximum absolute atomic E-state index is 8.86. The Morgan fingerprint density at radius 3 is 2.00 bits per heavy atom. The minimum absolute atomic E-state index is 0. The van der Waals surface area contributed by atoms with E-state index in [0.29, 0.717) is 0 Å². The van der Waals surface area contributed by atoms with Crippen molar-refractivity contribution in [3.05, 3.63) is 0 Å². The summed E-state index contributed by atoms with van der Waals surface area (Å²) in [5.74, 6) is 0. The number of aliphatic hydroxyl groups is 1. The molecule has 0 fully saturated rings. The molecule has 2 heteroatoms. The van der Waals surface area contributed by atoms with Gasteiger partial charge in [0.1, 0.15) is 0 Å². The molecule has 1 nitrogen and oxygen atoms in total. The zero-order chi connectivity index (χ0) is 5.70. The molecule has 1 unspecified atom stereocenters. The van der Waals surface area contributed by atoms with Crippen molar-refractivity contribution >= 4 is 0 Å². The second kappa shape index (κ2) is 7.70. The summed E-state index contributed by atoms with van der Waals surface area (Å²) in [7, 11) is 0. The van der Waals surface area contributed by atoms with E-state index >= 15 is 0 Å². The van der Waals surface area contributed by atoms with Gasteiger partial charge in [0.2, 0.25) is 0 Å². The van der Waals surface area contributed by atoms with Gasteiger partial charge in [0.05, 0.1) is 6.10 Å². The third-order valence-corrected chi connectivity index (χ3v) is 1.09. The number of aliphatic hydroxyl groups excluding tert-OH is 1. The third-order valence-electron chi connectivity index (χ3n) is 1.09. The van der Waals surface area contributed by atoms with Crippen molar-refractivity contribution in [2.75, 3.05) is 0 Å². The Hall–Kier alpha value is 0.700. The largest absolute Gasteiger partial charge is 0.393 e. The zero-order valence-corrected chi connectivity index (χ0v) is 8.81. The smallest absolute Gasteiger partial charge is 0.0537 e. The van der Waals surface area contributed by atoms with Gasteiger partial charge in [-0.1, -0.05) is 20.3 Å². The summed E-state index contributed by atoms with van der Waals surface area (Å²) in [4.78, 5) is 0. The Balaban J connectivity index is 0. The van der Waals surface area contributed by atoms with E-state index in [2.05, 4.69) is 6.92 Å². The van der Waals surface area contributed by atoms with Crippen molar-refractivity contribution in [1.29, 1.82) is 0 Å². The van der Waals surface area contributed by atoms with Crippen molar-refractivity contribution in [1.82, 2.24) is 0 Å². The van der Waals surface area contributed by atoms with Crippen LogP contribution in [0.1, 0.15) is 33.1 Å². The van der Waals surface area contributed by atoms with Gasteiger partial charge < -0.3 is 5.11 Å². The predicted octanol–water partition coefficient (Wildman–Crippen LogP) is 1.55. The van der Waals surface area contributed by atoms with E-state index in [9.17, 15) is 0 Å². The van der Waals surface area contributed by atoms with Gasteiger partial charge in [-0.3, -0.25) is 0 Å². The van der Waals surface area contributed by atoms with Crippen LogP contribution in [0.25, 0.3) is 0 Å². The van der Waals surface area contributed by atoms with Crippen LogP contribution >= 0.6 is 0 Å². The van der Waals surface area contributed by atoms with Crippen molar-refractivity contribution in [2.45, 2.75) is 39.2 Å². The summed E-state index contributed by atoms with van der Waals surface area (Å²) in [5, 5.41) is 8.86. The van der Waals surface area contributed by atoms with Gasteiger partial charge in [-0.2, -0.15) is 0 Å². The molecule has 0 amide bonds. The fraction of sp³-hybridized carbons (Fsp3) is 1.00. The Morgan fingerprint density at radius 1 is 1.38 bits per heavy atom. The van der Waals surface area contributed by atoms with Crippen molar-refractivity contribution in [2.24, 2.45) is 0 Å². The normalized spacial score (nSPS) is 12.4. The first-order chi connectivity index (χ1) is 3.31. The van der Waals surface area contributed by atoms with Gasteiger partial charge >= 0.3 is 0 Å². The first-order valence-corrected chi connectivity index (χ1v) is 2.99. The fourth-order valence-corrected chi connectivity index (χ4v) is 0.537. The topological polar surface area (TPSA) is 20.2 Å². The van der Waals surface area contributed by atoms with Crippen LogP contribution in [0, 0.1) is 0 Å². The van der Waals surface area contributed by atoms with Crippen molar-refractivity contribution < 1.29 is 27.5 Å². The molecule has 1 radical (unpaired) electrons. The van der Waals surface area contributed by atoms with Crippen molar-refractivity contribution in [3.63, 3.8) is 0 Å². The molecule has 0 saturated heterocycles. The molecular weight excluding hydrogens is 269 g/mol. The van der Waals surface area contributed by atoms with Crippen LogP contribution in [0.2, 0.25) is 0 Å². The van der Waals surface area contributed by atoms with E-state index in [0.717, 1.165) is 19.3 Å². The van der Waals surface area contributed by atoms with Crippen LogP contribution < -0.4 is 0 Å². The fourth-order valence-electron chi connectivity index (χ4n) is 0.537. The molecule has 0 heterocycles. The van der Waals surface area contributed by atoms with Gasteiger partial charge in [0, 0.05) is 22.4 Å². The molecule has 1 N–H and O–H groups in total. The summed E-state index contributed by atoms with van der Waals surface area (Å²) in [6, 6.07) is 0. The summed E-state index contributed by atoms with van der Waals surface area (Å²) in [6.07, 6.45) is 2.89. The molecule has 0 aromatic carbocycles. The van der Waals surface area contributed by atoms with E-state index in [1.807, 2.05) is 6.92 Å². The maximum atomic E-state index is 8.86. The molecule has 0 aliphatic carbocycles. The zero-order valence-electron chi connectivity index (χ0n) is 5.59. The summed E-state index contributed by atoms with van der Waals surface area (Å²) < 4.78 is 0. The van der Waals surface area contributed by atoms with E-state index in [1.54, 1.807) is 0 Å².